The van der Waals surface area contributed by atoms with Gasteiger partial charge < -0.3 is 10.0 Å². The minimum Gasteiger partial charge on any atom is -0.481 e. The lowest BCUT2D eigenvalue weighted by Crippen LogP contribution is -2.30. The lowest BCUT2D eigenvalue weighted by Gasteiger charge is -2.28. The largest absolute Gasteiger partial charge is 0.481 e. The molecule has 0 aliphatic carbocycles. The molecule has 3 nitrogen and oxygen atoms in total. The molecule has 1 rings (SSSR count). The quantitative estimate of drug-likeness (QED) is 0.804. The fourth-order valence-electron chi connectivity index (χ4n) is 2.10. The van der Waals surface area contributed by atoms with Crippen molar-refractivity contribution in [2.24, 2.45) is 5.92 Å². The van der Waals surface area contributed by atoms with Crippen LogP contribution in [0.3, 0.4) is 0 Å². The third-order valence-electron chi connectivity index (χ3n) is 2.95. The molecule has 18 heavy (non-hydrogen) atoms. The van der Waals surface area contributed by atoms with E-state index in [-0.39, 0.29) is 6.04 Å². The van der Waals surface area contributed by atoms with Crippen molar-refractivity contribution in [2.75, 3.05) is 19.8 Å². The van der Waals surface area contributed by atoms with Gasteiger partial charge in [0.05, 0.1) is 5.92 Å². The van der Waals surface area contributed by atoms with E-state index in [1.807, 2.05) is 31.1 Å². The molecule has 0 aliphatic heterocycles. The minimum absolute atomic E-state index is 0.0943. The van der Waals surface area contributed by atoms with Crippen molar-refractivity contribution in [1.29, 1.82) is 0 Å². The van der Waals surface area contributed by atoms with Crippen LogP contribution in [0.2, 0.25) is 0 Å². The molecule has 0 bridgehead atoms. The van der Waals surface area contributed by atoms with Crippen molar-refractivity contribution in [3.05, 3.63) is 29.8 Å². The second-order valence-electron chi connectivity index (χ2n) is 4.54. The first kappa shape index (κ1) is 15.1. The number of rotatable bonds is 6. The van der Waals surface area contributed by atoms with Crippen molar-refractivity contribution >= 4 is 17.7 Å². The number of carboxylic acids is 1. The number of thioether (sulfide) groups is 1. The van der Waals surface area contributed by atoms with Crippen molar-refractivity contribution in [3.63, 3.8) is 0 Å². The smallest absolute Gasteiger partial charge is 0.308 e. The van der Waals surface area contributed by atoms with Gasteiger partial charge in [-0.25, -0.2) is 0 Å². The summed E-state index contributed by atoms with van der Waals surface area (Å²) in [5, 5.41) is 9.17. The Morgan fingerprint density at radius 2 is 1.89 bits per heavy atom. The summed E-state index contributed by atoms with van der Waals surface area (Å²) >= 11 is 1.79. The molecule has 0 radical (unpaired) electrons. The number of nitrogens with zero attached hydrogens (tertiary/aromatic N) is 1. The highest BCUT2D eigenvalue weighted by molar-refractivity contribution is 7.99. The van der Waals surface area contributed by atoms with E-state index in [0.29, 0.717) is 0 Å². The number of aliphatic carboxylic acids is 1. The van der Waals surface area contributed by atoms with Crippen molar-refractivity contribution in [1.82, 2.24) is 4.90 Å². The first-order valence-corrected chi connectivity index (χ1v) is 7.08. The van der Waals surface area contributed by atoms with Crippen LogP contribution in [-0.4, -0.2) is 35.8 Å². The molecule has 100 valence electrons. The normalized spacial score (nSPS) is 14.5. The molecule has 4 heteroatoms. The Hall–Kier alpha value is -1.00. The molecule has 2 atom stereocenters. The van der Waals surface area contributed by atoms with Gasteiger partial charge in [0.2, 0.25) is 0 Å². The summed E-state index contributed by atoms with van der Waals surface area (Å²) in [7, 11) is 3.83. The lowest BCUT2D eigenvalue weighted by atomic mass is 9.94. The van der Waals surface area contributed by atoms with E-state index < -0.39 is 11.9 Å². The summed E-state index contributed by atoms with van der Waals surface area (Å²) in [6, 6.07) is 8.09. The summed E-state index contributed by atoms with van der Waals surface area (Å²) in [4.78, 5) is 14.3. The Labute approximate surface area is 113 Å². The van der Waals surface area contributed by atoms with Gasteiger partial charge in [-0.1, -0.05) is 26.0 Å². The van der Waals surface area contributed by atoms with Crippen LogP contribution in [0.1, 0.15) is 25.5 Å². The van der Waals surface area contributed by atoms with Crippen LogP contribution in [0.15, 0.2) is 29.2 Å². The van der Waals surface area contributed by atoms with E-state index in [4.69, 9.17) is 0 Å². The van der Waals surface area contributed by atoms with Crippen LogP contribution in [0, 0.1) is 5.92 Å². The Morgan fingerprint density at radius 1 is 1.33 bits per heavy atom. The number of carbonyl (C=O) groups is 1. The maximum absolute atomic E-state index is 11.2. The van der Waals surface area contributed by atoms with Gasteiger partial charge in [-0.3, -0.25) is 4.79 Å². The van der Waals surface area contributed by atoms with Crippen LogP contribution in [0.5, 0.6) is 0 Å². The number of carboxylic acid groups (broad SMARTS) is 1. The highest BCUT2D eigenvalue weighted by Crippen LogP contribution is 2.28. The molecule has 1 N–H and O–H groups in total. The van der Waals surface area contributed by atoms with Crippen LogP contribution >= 0.6 is 11.8 Å². The Bertz CT molecular complexity index is 389. The maximum Gasteiger partial charge on any atom is 0.308 e. The molecule has 0 aromatic heterocycles. The molecule has 0 heterocycles. The molecule has 0 aliphatic rings. The highest BCUT2D eigenvalue weighted by Gasteiger charge is 2.26. The third-order valence-corrected chi connectivity index (χ3v) is 3.85. The predicted molar refractivity (Wildman–Crippen MR) is 76.1 cm³/mol. The summed E-state index contributed by atoms with van der Waals surface area (Å²) < 4.78 is 0. The van der Waals surface area contributed by atoms with E-state index in [0.717, 1.165) is 11.3 Å². The van der Waals surface area contributed by atoms with Gasteiger partial charge in [0.15, 0.2) is 0 Å². The van der Waals surface area contributed by atoms with Crippen LogP contribution in [0.25, 0.3) is 0 Å². The first-order chi connectivity index (χ1) is 8.47. The number of hydrogen-bond donors (Lipinski definition) is 1. The predicted octanol–water partition coefficient (Wildman–Crippen LogP) is 3.12. The maximum atomic E-state index is 11.2. The SMILES string of the molecule is CCSc1ccc(C(C(C)C(=O)O)N(C)C)cc1. The highest BCUT2D eigenvalue weighted by atomic mass is 32.2. The summed E-state index contributed by atoms with van der Waals surface area (Å²) in [6.07, 6.45) is 0. The topological polar surface area (TPSA) is 40.5 Å². The fraction of sp³-hybridized carbons (Fsp3) is 0.500. The molecule has 0 spiro atoms. The van der Waals surface area contributed by atoms with Crippen LogP contribution < -0.4 is 0 Å². The fourth-order valence-corrected chi connectivity index (χ4v) is 2.76. The molecule has 0 amide bonds. The number of benzene rings is 1. The van der Waals surface area contributed by atoms with E-state index in [1.54, 1.807) is 18.7 Å². The molecule has 2 unspecified atom stereocenters. The van der Waals surface area contributed by atoms with Gasteiger partial charge in [0.1, 0.15) is 0 Å². The Kier molecular flexibility index (Phi) is 5.69. The second kappa shape index (κ2) is 6.81. The zero-order valence-corrected chi connectivity index (χ0v) is 12.2. The van der Waals surface area contributed by atoms with E-state index in [9.17, 15) is 9.90 Å². The van der Waals surface area contributed by atoms with Gasteiger partial charge in [-0.2, -0.15) is 0 Å². The molecule has 0 saturated heterocycles. The van der Waals surface area contributed by atoms with E-state index >= 15 is 0 Å². The van der Waals surface area contributed by atoms with Gasteiger partial charge in [-0.15, -0.1) is 11.8 Å². The summed E-state index contributed by atoms with van der Waals surface area (Å²) in [6.45, 7) is 3.87. The molecular formula is C14H21NO2S. The zero-order chi connectivity index (χ0) is 13.7. The Balaban J connectivity index is 2.96. The second-order valence-corrected chi connectivity index (χ2v) is 5.87. The van der Waals surface area contributed by atoms with Crippen molar-refractivity contribution < 1.29 is 9.90 Å². The molecule has 0 fully saturated rings. The first-order valence-electron chi connectivity index (χ1n) is 6.09. The Morgan fingerprint density at radius 3 is 2.28 bits per heavy atom. The van der Waals surface area contributed by atoms with Gasteiger partial charge in [-0.05, 0) is 37.5 Å². The van der Waals surface area contributed by atoms with Crippen LogP contribution in [0.4, 0.5) is 0 Å². The van der Waals surface area contributed by atoms with Crippen molar-refractivity contribution in [3.8, 4) is 0 Å². The van der Waals surface area contributed by atoms with Crippen LogP contribution in [-0.2, 0) is 4.79 Å². The van der Waals surface area contributed by atoms with E-state index in [1.165, 1.54) is 4.90 Å². The summed E-state index contributed by atoms with van der Waals surface area (Å²) in [5.41, 5.74) is 1.05. The average molecular weight is 267 g/mol. The van der Waals surface area contributed by atoms with Gasteiger partial charge in [0, 0.05) is 10.9 Å². The minimum atomic E-state index is -0.763. The summed E-state index contributed by atoms with van der Waals surface area (Å²) in [5.74, 6) is -0.146. The van der Waals surface area contributed by atoms with Gasteiger partial charge in [0.25, 0.3) is 0 Å². The monoisotopic (exact) mass is 267 g/mol. The molecule has 1 aromatic rings. The number of hydrogen-bond acceptors (Lipinski definition) is 3. The molecular weight excluding hydrogens is 246 g/mol. The third kappa shape index (κ3) is 3.75. The lowest BCUT2D eigenvalue weighted by molar-refractivity contribution is -0.143. The van der Waals surface area contributed by atoms with E-state index in [2.05, 4.69) is 19.1 Å². The zero-order valence-electron chi connectivity index (χ0n) is 11.4. The molecule has 1 aromatic carbocycles. The standard InChI is InChI=1S/C14H21NO2S/c1-5-18-12-8-6-11(7-9-12)13(15(3)4)10(2)14(16)17/h6-10,13H,5H2,1-4H3,(H,16,17). The average Bonchev–Trinajstić information content (AvgIpc) is 2.31. The van der Waals surface area contributed by atoms with Crippen molar-refractivity contribution in [2.45, 2.75) is 24.8 Å². The van der Waals surface area contributed by atoms with Gasteiger partial charge >= 0.3 is 5.97 Å². The molecule has 0 saturated carbocycles.